The number of nitrogens with one attached hydrogen (secondary N) is 2. The Morgan fingerprint density at radius 2 is 2.00 bits per heavy atom. The van der Waals surface area contributed by atoms with Crippen LogP contribution in [0.3, 0.4) is 0 Å². The number of benzene rings is 1. The first-order chi connectivity index (χ1) is 12.7. The zero-order valence-corrected chi connectivity index (χ0v) is 14.9. The maximum atomic E-state index is 11.9. The third-order valence-electron chi connectivity index (χ3n) is 3.90. The summed E-state index contributed by atoms with van der Waals surface area (Å²) in [7, 11) is 0. The molecule has 0 saturated carbocycles. The Bertz CT molecular complexity index is 844. The molecule has 1 atom stereocenters. The summed E-state index contributed by atoms with van der Waals surface area (Å²) in [5.41, 5.74) is 2.31. The lowest BCUT2D eigenvalue weighted by Gasteiger charge is -2.12. The molecule has 1 amide bonds. The van der Waals surface area contributed by atoms with E-state index in [9.17, 15) is 4.79 Å². The van der Waals surface area contributed by atoms with Crippen LogP contribution < -0.4 is 10.6 Å². The molecule has 0 bridgehead atoms. The molecule has 0 aliphatic carbocycles. The van der Waals surface area contributed by atoms with Crippen molar-refractivity contribution in [2.24, 2.45) is 0 Å². The number of amides is 1. The minimum Gasteiger partial charge on any atom is -0.362 e. The largest absolute Gasteiger partial charge is 0.362 e. The molecule has 0 spiro atoms. The van der Waals surface area contributed by atoms with Crippen molar-refractivity contribution in [3.05, 3.63) is 66.1 Å². The van der Waals surface area contributed by atoms with Crippen molar-refractivity contribution < 1.29 is 4.79 Å². The predicted molar refractivity (Wildman–Crippen MR) is 100 cm³/mol. The second-order valence-electron chi connectivity index (χ2n) is 5.98. The highest BCUT2D eigenvalue weighted by Gasteiger charge is 2.12. The minimum absolute atomic E-state index is 0.0697. The fourth-order valence-electron chi connectivity index (χ4n) is 2.43. The van der Waals surface area contributed by atoms with Crippen LogP contribution in [0.25, 0.3) is 5.69 Å². The highest BCUT2D eigenvalue weighted by molar-refractivity contribution is 5.94. The highest BCUT2D eigenvalue weighted by Crippen LogP contribution is 2.17. The van der Waals surface area contributed by atoms with Crippen LogP contribution in [0.15, 0.2) is 54.9 Å². The van der Waals surface area contributed by atoms with Gasteiger partial charge in [0, 0.05) is 12.7 Å². The van der Waals surface area contributed by atoms with E-state index < -0.39 is 0 Å². The average Bonchev–Trinajstić information content (AvgIpc) is 3.18. The summed E-state index contributed by atoms with van der Waals surface area (Å²) < 4.78 is 1.74. The number of anilines is 1. The Labute approximate surface area is 152 Å². The Balaban J connectivity index is 1.64. The van der Waals surface area contributed by atoms with Gasteiger partial charge in [-0.25, -0.2) is 9.67 Å². The number of para-hydroxylation sites is 1. The average molecular weight is 350 g/mol. The SMILES string of the molecule is CCCNC(=O)c1ccc(NC(C)c2cn(-c3ccccc3)nn2)nc1. The molecule has 134 valence electrons. The molecule has 2 aromatic heterocycles. The summed E-state index contributed by atoms with van der Waals surface area (Å²) in [5.74, 6) is 0.573. The van der Waals surface area contributed by atoms with Gasteiger partial charge in [-0.1, -0.05) is 30.3 Å². The predicted octanol–water partition coefficient (Wildman–Crippen LogP) is 2.98. The number of nitrogens with zero attached hydrogens (tertiary/aromatic N) is 4. The van der Waals surface area contributed by atoms with Crippen molar-refractivity contribution in [1.82, 2.24) is 25.3 Å². The molecule has 0 aliphatic heterocycles. The van der Waals surface area contributed by atoms with Gasteiger partial charge in [-0.3, -0.25) is 4.79 Å². The Hall–Kier alpha value is -3.22. The molecule has 0 radical (unpaired) electrons. The van der Waals surface area contributed by atoms with E-state index in [1.807, 2.05) is 50.4 Å². The van der Waals surface area contributed by atoms with Crippen molar-refractivity contribution in [3.8, 4) is 5.69 Å². The van der Waals surface area contributed by atoms with Gasteiger partial charge in [-0.2, -0.15) is 0 Å². The van der Waals surface area contributed by atoms with Crippen LogP contribution >= 0.6 is 0 Å². The van der Waals surface area contributed by atoms with Crippen LogP contribution in [0, 0.1) is 0 Å². The number of pyridine rings is 1. The van der Waals surface area contributed by atoms with Crippen LogP contribution in [-0.2, 0) is 0 Å². The lowest BCUT2D eigenvalue weighted by atomic mass is 10.2. The second-order valence-corrected chi connectivity index (χ2v) is 5.98. The van der Waals surface area contributed by atoms with Gasteiger partial charge in [0.15, 0.2) is 0 Å². The fraction of sp³-hybridized carbons (Fsp3) is 0.263. The first-order valence-electron chi connectivity index (χ1n) is 8.66. The smallest absolute Gasteiger partial charge is 0.252 e. The van der Waals surface area contributed by atoms with Crippen molar-refractivity contribution in [3.63, 3.8) is 0 Å². The van der Waals surface area contributed by atoms with E-state index in [1.165, 1.54) is 0 Å². The first-order valence-corrected chi connectivity index (χ1v) is 8.66. The normalized spacial score (nSPS) is 11.8. The molecule has 7 heteroatoms. The second kappa shape index (κ2) is 8.24. The molecule has 0 aliphatic rings. The van der Waals surface area contributed by atoms with E-state index in [4.69, 9.17) is 0 Å². The number of aromatic nitrogens is 4. The molecule has 0 saturated heterocycles. The third kappa shape index (κ3) is 4.24. The van der Waals surface area contributed by atoms with Gasteiger partial charge in [0.25, 0.3) is 5.91 Å². The van der Waals surface area contributed by atoms with Gasteiger partial charge in [-0.15, -0.1) is 5.10 Å². The molecular formula is C19H22N6O. The van der Waals surface area contributed by atoms with Gasteiger partial charge >= 0.3 is 0 Å². The summed E-state index contributed by atoms with van der Waals surface area (Å²) in [6, 6.07) is 13.3. The summed E-state index contributed by atoms with van der Waals surface area (Å²) in [4.78, 5) is 16.2. The van der Waals surface area contributed by atoms with E-state index in [0.29, 0.717) is 17.9 Å². The molecule has 1 unspecified atom stereocenters. The topological polar surface area (TPSA) is 84.7 Å². The van der Waals surface area contributed by atoms with Crippen molar-refractivity contribution in [1.29, 1.82) is 0 Å². The summed E-state index contributed by atoms with van der Waals surface area (Å²) in [5, 5.41) is 14.5. The summed E-state index contributed by atoms with van der Waals surface area (Å²) in [6.07, 6.45) is 4.36. The van der Waals surface area contributed by atoms with Crippen LogP contribution in [0.1, 0.15) is 42.4 Å². The van der Waals surface area contributed by atoms with Crippen molar-refractivity contribution >= 4 is 11.7 Å². The molecule has 1 aromatic carbocycles. The lowest BCUT2D eigenvalue weighted by Crippen LogP contribution is -2.24. The molecule has 0 fully saturated rings. The van der Waals surface area contributed by atoms with Gasteiger partial charge in [0.1, 0.15) is 11.5 Å². The van der Waals surface area contributed by atoms with Crippen LogP contribution in [0.2, 0.25) is 0 Å². The molecule has 7 nitrogen and oxygen atoms in total. The number of hydrogen-bond acceptors (Lipinski definition) is 5. The molecule has 2 N–H and O–H groups in total. The van der Waals surface area contributed by atoms with Crippen LogP contribution in [0.5, 0.6) is 0 Å². The molecular weight excluding hydrogens is 328 g/mol. The van der Waals surface area contributed by atoms with Gasteiger partial charge in [0.05, 0.1) is 23.5 Å². The van der Waals surface area contributed by atoms with Crippen LogP contribution in [-0.4, -0.2) is 32.4 Å². The standard InChI is InChI=1S/C19H22N6O/c1-3-11-20-19(26)15-9-10-18(21-12-15)22-14(2)17-13-25(24-23-17)16-7-5-4-6-8-16/h4-10,12-14H,3,11H2,1-2H3,(H,20,26)(H,21,22). The van der Waals surface area contributed by atoms with Crippen molar-refractivity contribution in [2.75, 3.05) is 11.9 Å². The number of rotatable bonds is 7. The molecule has 3 rings (SSSR count). The highest BCUT2D eigenvalue weighted by atomic mass is 16.1. The number of carbonyl (C=O) groups is 1. The van der Waals surface area contributed by atoms with Crippen molar-refractivity contribution in [2.45, 2.75) is 26.3 Å². The Morgan fingerprint density at radius 3 is 2.69 bits per heavy atom. The van der Waals surface area contributed by atoms with E-state index in [0.717, 1.165) is 17.8 Å². The maximum Gasteiger partial charge on any atom is 0.252 e. The fourth-order valence-corrected chi connectivity index (χ4v) is 2.43. The van der Waals surface area contributed by atoms with Gasteiger partial charge < -0.3 is 10.6 Å². The zero-order valence-electron chi connectivity index (χ0n) is 14.9. The Kier molecular flexibility index (Phi) is 5.58. The zero-order chi connectivity index (χ0) is 18.4. The number of hydrogen-bond donors (Lipinski definition) is 2. The van der Waals surface area contributed by atoms with Gasteiger partial charge in [0.2, 0.25) is 0 Å². The van der Waals surface area contributed by atoms with E-state index >= 15 is 0 Å². The summed E-state index contributed by atoms with van der Waals surface area (Å²) >= 11 is 0. The summed E-state index contributed by atoms with van der Waals surface area (Å²) in [6.45, 7) is 4.66. The minimum atomic E-state index is -0.107. The van der Waals surface area contributed by atoms with E-state index in [2.05, 4.69) is 25.9 Å². The lowest BCUT2D eigenvalue weighted by molar-refractivity contribution is 0.0953. The number of carbonyl (C=O) groups excluding carboxylic acids is 1. The first kappa shape index (κ1) is 17.6. The van der Waals surface area contributed by atoms with Crippen LogP contribution in [0.4, 0.5) is 5.82 Å². The van der Waals surface area contributed by atoms with E-state index in [-0.39, 0.29) is 11.9 Å². The molecule has 3 aromatic rings. The monoisotopic (exact) mass is 350 g/mol. The van der Waals surface area contributed by atoms with Gasteiger partial charge in [-0.05, 0) is 37.6 Å². The third-order valence-corrected chi connectivity index (χ3v) is 3.90. The quantitative estimate of drug-likeness (QED) is 0.684. The molecule has 2 heterocycles. The molecule has 26 heavy (non-hydrogen) atoms. The maximum absolute atomic E-state index is 11.9. The Morgan fingerprint density at radius 1 is 1.19 bits per heavy atom. The van der Waals surface area contributed by atoms with E-state index in [1.54, 1.807) is 23.0 Å².